The molecule has 4 nitrogen and oxygen atoms in total. The molecule has 0 saturated heterocycles. The van der Waals surface area contributed by atoms with Crippen LogP contribution in [0.3, 0.4) is 0 Å². The Balaban J connectivity index is 2.79. The summed E-state index contributed by atoms with van der Waals surface area (Å²) < 4.78 is 0. The molecule has 15 heavy (non-hydrogen) atoms. The van der Waals surface area contributed by atoms with Crippen LogP contribution in [0.15, 0.2) is 36.2 Å². The third-order valence-electron chi connectivity index (χ3n) is 1.66. The van der Waals surface area contributed by atoms with Gasteiger partial charge in [0.05, 0.1) is 0 Å². The van der Waals surface area contributed by atoms with Crippen molar-refractivity contribution in [3.05, 3.63) is 42.6 Å². The molecule has 0 saturated carbocycles. The molecule has 0 fully saturated rings. The van der Waals surface area contributed by atoms with Crippen LogP contribution in [0.5, 0.6) is 0 Å². The summed E-state index contributed by atoms with van der Waals surface area (Å²) in [5.41, 5.74) is 1.56. The lowest BCUT2D eigenvalue weighted by Crippen LogP contribution is -1.91. The Hall–Kier alpha value is -2.28. The van der Waals surface area contributed by atoms with E-state index in [2.05, 4.69) is 28.1 Å². The molecule has 0 amide bonds. The van der Waals surface area contributed by atoms with E-state index in [0.717, 1.165) is 5.56 Å². The van der Waals surface area contributed by atoms with E-state index in [-0.39, 0.29) is 5.70 Å². The zero-order valence-electron chi connectivity index (χ0n) is 8.44. The van der Waals surface area contributed by atoms with Gasteiger partial charge in [0.1, 0.15) is 17.6 Å². The molecule has 1 heterocycles. The van der Waals surface area contributed by atoms with Crippen LogP contribution in [0.25, 0.3) is 5.57 Å². The van der Waals surface area contributed by atoms with Crippen LogP contribution in [0, 0.1) is 18.3 Å². The van der Waals surface area contributed by atoms with Gasteiger partial charge in [0, 0.05) is 24.2 Å². The van der Waals surface area contributed by atoms with Crippen LogP contribution >= 0.6 is 0 Å². The van der Waals surface area contributed by atoms with Crippen molar-refractivity contribution in [2.24, 2.45) is 4.99 Å². The molecule has 0 unspecified atom stereocenters. The molecule has 0 aliphatic rings. The lowest BCUT2D eigenvalue weighted by atomic mass is 10.2. The third-order valence-corrected chi connectivity index (χ3v) is 1.66. The zero-order chi connectivity index (χ0) is 11.3. The van der Waals surface area contributed by atoms with Crippen molar-refractivity contribution in [2.45, 2.75) is 6.92 Å². The van der Waals surface area contributed by atoms with Crippen molar-refractivity contribution < 1.29 is 0 Å². The quantitative estimate of drug-likeness (QED) is 0.550. The number of rotatable bonds is 3. The highest BCUT2D eigenvalue weighted by molar-refractivity contribution is 6.08. The first kappa shape index (κ1) is 10.8. The second-order valence-corrected chi connectivity index (χ2v) is 2.86. The van der Waals surface area contributed by atoms with Crippen molar-refractivity contribution in [3.63, 3.8) is 0 Å². The Labute approximate surface area is 88.3 Å². The highest BCUT2D eigenvalue weighted by Crippen LogP contribution is 2.07. The van der Waals surface area contributed by atoms with Crippen LogP contribution in [0.2, 0.25) is 0 Å². The van der Waals surface area contributed by atoms with E-state index in [9.17, 15) is 0 Å². The van der Waals surface area contributed by atoms with Gasteiger partial charge in [-0.15, -0.1) is 0 Å². The highest BCUT2D eigenvalue weighted by Gasteiger charge is 1.96. The fraction of sp³-hybridized carbons (Fsp3) is 0.0909. The van der Waals surface area contributed by atoms with Crippen LogP contribution in [-0.4, -0.2) is 16.2 Å². The number of aliphatic imine (C=N–C) groups is 1. The first-order chi connectivity index (χ1) is 7.13. The molecule has 1 rings (SSSR count). The maximum Gasteiger partial charge on any atom is 0.133 e. The number of allylic oxidation sites excluding steroid dienone is 2. The van der Waals surface area contributed by atoms with Crippen molar-refractivity contribution >= 4 is 11.8 Å². The van der Waals surface area contributed by atoms with Crippen LogP contribution in [-0.2, 0) is 0 Å². The third kappa shape index (κ3) is 3.16. The predicted octanol–water partition coefficient (Wildman–Crippen LogP) is 1.91. The largest absolute Gasteiger partial charge is 0.246 e. The number of aromatic nitrogens is 2. The molecule has 0 bridgehead atoms. The topological polar surface area (TPSA) is 61.9 Å². The maximum atomic E-state index is 8.44. The van der Waals surface area contributed by atoms with Gasteiger partial charge in [-0.25, -0.2) is 15.0 Å². The smallest absolute Gasteiger partial charge is 0.133 e. The lowest BCUT2D eigenvalue weighted by molar-refractivity contribution is 1.05. The summed E-state index contributed by atoms with van der Waals surface area (Å²) in [4.78, 5) is 11.9. The van der Waals surface area contributed by atoms with Gasteiger partial charge in [0.2, 0.25) is 0 Å². The van der Waals surface area contributed by atoms with Crippen molar-refractivity contribution in [1.82, 2.24) is 9.97 Å². The van der Waals surface area contributed by atoms with Crippen molar-refractivity contribution in [3.8, 4) is 6.07 Å². The number of hydrogen-bond acceptors (Lipinski definition) is 4. The maximum absolute atomic E-state index is 8.44. The second-order valence-electron chi connectivity index (χ2n) is 2.86. The molecular weight excluding hydrogens is 188 g/mol. The van der Waals surface area contributed by atoms with Gasteiger partial charge in [-0.05, 0) is 12.5 Å². The molecular formula is C11H10N4. The van der Waals surface area contributed by atoms with E-state index in [1.807, 2.05) is 6.07 Å². The fourth-order valence-corrected chi connectivity index (χ4v) is 0.818. The first-order valence-electron chi connectivity index (χ1n) is 4.24. The minimum absolute atomic E-state index is 0.143. The van der Waals surface area contributed by atoms with E-state index < -0.39 is 0 Å². The summed E-state index contributed by atoms with van der Waals surface area (Å²) in [6.07, 6.45) is 4.79. The SMILES string of the molecule is C=C(C#N)N=CC(=C)c1cnc(C)nc1. The van der Waals surface area contributed by atoms with Gasteiger partial charge >= 0.3 is 0 Å². The van der Waals surface area contributed by atoms with E-state index in [0.29, 0.717) is 11.4 Å². The molecule has 0 radical (unpaired) electrons. The average Bonchev–Trinajstić information content (AvgIpc) is 2.26. The molecule has 0 aromatic carbocycles. The molecule has 0 spiro atoms. The van der Waals surface area contributed by atoms with Crippen molar-refractivity contribution in [2.75, 3.05) is 0 Å². The number of nitriles is 1. The first-order valence-corrected chi connectivity index (χ1v) is 4.24. The summed E-state index contributed by atoms with van der Waals surface area (Å²) in [6, 6.07) is 1.82. The zero-order valence-corrected chi connectivity index (χ0v) is 8.44. The molecule has 0 aliphatic heterocycles. The molecule has 0 N–H and O–H groups in total. The Morgan fingerprint density at radius 1 is 1.47 bits per heavy atom. The van der Waals surface area contributed by atoms with Gasteiger partial charge in [-0.3, -0.25) is 0 Å². The highest BCUT2D eigenvalue weighted by atomic mass is 14.8. The fourth-order valence-electron chi connectivity index (χ4n) is 0.818. The summed E-state index contributed by atoms with van der Waals surface area (Å²) >= 11 is 0. The van der Waals surface area contributed by atoms with Gasteiger partial charge in [-0.2, -0.15) is 5.26 Å². The molecule has 1 aromatic heterocycles. The normalized spacial score (nSPS) is 9.87. The molecule has 1 aromatic rings. The van der Waals surface area contributed by atoms with Crippen LogP contribution in [0.4, 0.5) is 0 Å². The van der Waals surface area contributed by atoms with Crippen molar-refractivity contribution in [1.29, 1.82) is 5.26 Å². The van der Waals surface area contributed by atoms with Gasteiger partial charge in [0.25, 0.3) is 0 Å². The summed E-state index contributed by atoms with van der Waals surface area (Å²) in [6.45, 7) is 9.01. The minimum atomic E-state index is 0.143. The average molecular weight is 198 g/mol. The standard InChI is InChI=1S/C11H10N4/c1-8(5-13-9(2)4-12)11-6-14-10(3)15-7-11/h5-7H,1-2H2,3H3. The van der Waals surface area contributed by atoms with E-state index in [1.165, 1.54) is 6.21 Å². The van der Waals surface area contributed by atoms with E-state index >= 15 is 0 Å². The van der Waals surface area contributed by atoms with Gasteiger partial charge in [0.15, 0.2) is 0 Å². The Morgan fingerprint density at radius 2 is 2.07 bits per heavy atom. The monoisotopic (exact) mass is 198 g/mol. The van der Waals surface area contributed by atoms with E-state index in [4.69, 9.17) is 5.26 Å². The summed E-state index contributed by atoms with van der Waals surface area (Å²) in [5.74, 6) is 0.699. The molecule has 0 aliphatic carbocycles. The predicted molar refractivity (Wildman–Crippen MR) is 59.0 cm³/mol. The number of nitrogens with zero attached hydrogens (tertiary/aromatic N) is 4. The second kappa shape index (κ2) is 4.82. The molecule has 0 atom stereocenters. The Bertz CT molecular complexity index is 448. The van der Waals surface area contributed by atoms with Crippen LogP contribution < -0.4 is 0 Å². The van der Waals surface area contributed by atoms with E-state index in [1.54, 1.807) is 19.3 Å². The minimum Gasteiger partial charge on any atom is -0.246 e. The molecule has 74 valence electrons. The van der Waals surface area contributed by atoms with Gasteiger partial charge < -0.3 is 0 Å². The molecule has 4 heteroatoms. The number of hydrogen-bond donors (Lipinski definition) is 0. The number of aryl methyl sites for hydroxylation is 1. The lowest BCUT2D eigenvalue weighted by Gasteiger charge is -1.98. The summed E-state index contributed by atoms with van der Waals surface area (Å²) in [5, 5.41) is 8.44. The summed E-state index contributed by atoms with van der Waals surface area (Å²) in [7, 11) is 0. The van der Waals surface area contributed by atoms with Gasteiger partial charge in [-0.1, -0.05) is 13.2 Å². The Morgan fingerprint density at radius 3 is 2.60 bits per heavy atom. The van der Waals surface area contributed by atoms with Crippen LogP contribution in [0.1, 0.15) is 11.4 Å². The Kier molecular flexibility index (Phi) is 3.47.